The zero-order valence-corrected chi connectivity index (χ0v) is 17.2. The average molecular weight is 435 g/mol. The van der Waals surface area contributed by atoms with E-state index in [1.165, 1.54) is 11.7 Å². The van der Waals surface area contributed by atoms with E-state index in [1.54, 1.807) is 6.92 Å². The lowest BCUT2D eigenvalue weighted by atomic mass is 10.1. The van der Waals surface area contributed by atoms with Crippen molar-refractivity contribution in [2.45, 2.75) is 46.1 Å². The number of carbonyl (C=O) groups excluding carboxylic acids is 1. The Bertz CT molecular complexity index is 872. The van der Waals surface area contributed by atoms with Gasteiger partial charge in [0.05, 0.1) is 10.7 Å². The van der Waals surface area contributed by atoms with Crippen molar-refractivity contribution in [1.82, 2.24) is 15.1 Å². The van der Waals surface area contributed by atoms with Gasteiger partial charge in [-0.2, -0.15) is 5.10 Å². The monoisotopic (exact) mass is 434 g/mol. The van der Waals surface area contributed by atoms with E-state index in [1.807, 2.05) is 6.92 Å². The van der Waals surface area contributed by atoms with Crippen LogP contribution in [-0.4, -0.2) is 22.2 Å². The zero-order valence-electron chi connectivity index (χ0n) is 16.4. The van der Waals surface area contributed by atoms with Crippen LogP contribution in [0.25, 0.3) is 0 Å². The molecule has 0 unspecified atom stereocenters. The Morgan fingerprint density at radius 3 is 2.21 bits per heavy atom. The van der Waals surface area contributed by atoms with Crippen LogP contribution in [0.2, 0.25) is 5.02 Å². The molecule has 29 heavy (non-hydrogen) atoms. The van der Waals surface area contributed by atoms with Gasteiger partial charge in [0, 0.05) is 25.7 Å². The Balaban J connectivity index is 2.21. The number of halogens is 5. The van der Waals surface area contributed by atoms with Crippen LogP contribution in [0.4, 0.5) is 23.2 Å². The van der Waals surface area contributed by atoms with E-state index in [0.717, 1.165) is 12.8 Å². The molecular formula is C19H23ClF4N4O. The predicted octanol–water partition coefficient (Wildman–Crippen LogP) is 4.72. The molecule has 2 N–H and O–H groups in total. The van der Waals surface area contributed by atoms with Crippen molar-refractivity contribution in [3.63, 3.8) is 0 Å². The zero-order chi connectivity index (χ0) is 21.7. The Labute approximate surface area is 171 Å². The van der Waals surface area contributed by atoms with Crippen LogP contribution in [0.5, 0.6) is 0 Å². The molecule has 0 aliphatic carbocycles. The fourth-order valence-corrected chi connectivity index (χ4v) is 3.23. The fourth-order valence-electron chi connectivity index (χ4n) is 2.85. The minimum Gasteiger partial charge on any atom is -0.380 e. The molecule has 1 amide bonds. The summed E-state index contributed by atoms with van der Waals surface area (Å²) in [5, 5.41) is 8.80. The molecule has 1 aromatic heterocycles. The highest BCUT2D eigenvalue weighted by Gasteiger charge is 2.26. The summed E-state index contributed by atoms with van der Waals surface area (Å²) in [6.45, 7) is 3.16. The molecular weight excluding hydrogens is 412 g/mol. The molecule has 0 saturated heterocycles. The second-order valence-corrected chi connectivity index (χ2v) is 6.89. The minimum absolute atomic E-state index is 0.0144. The molecule has 1 heterocycles. The SMILES string of the molecule is CCCCCNc1c(F)c(F)c(CNC(=O)c2c(Cl)c(CC)nn2C)c(F)c1F. The summed E-state index contributed by atoms with van der Waals surface area (Å²) >= 11 is 6.09. The molecule has 2 aromatic rings. The lowest BCUT2D eigenvalue weighted by Gasteiger charge is -2.14. The molecule has 0 atom stereocenters. The van der Waals surface area contributed by atoms with Crippen LogP contribution in [0.1, 0.15) is 54.9 Å². The molecule has 0 spiro atoms. The number of nitrogens with one attached hydrogen (secondary N) is 2. The van der Waals surface area contributed by atoms with E-state index in [2.05, 4.69) is 15.7 Å². The summed E-state index contributed by atoms with van der Waals surface area (Å²) in [5.41, 5.74) is -1.30. The highest BCUT2D eigenvalue weighted by atomic mass is 35.5. The largest absolute Gasteiger partial charge is 0.380 e. The van der Waals surface area contributed by atoms with Crippen molar-refractivity contribution in [2.24, 2.45) is 7.05 Å². The summed E-state index contributed by atoms with van der Waals surface area (Å²) in [6, 6.07) is 0. The third kappa shape index (κ3) is 4.83. The van der Waals surface area contributed by atoms with Crippen molar-refractivity contribution < 1.29 is 22.4 Å². The number of aryl methyl sites for hydroxylation is 2. The lowest BCUT2D eigenvalue weighted by molar-refractivity contribution is 0.0940. The number of unbranched alkanes of at least 4 members (excludes halogenated alkanes) is 2. The topological polar surface area (TPSA) is 58.9 Å². The molecule has 0 aliphatic rings. The third-order valence-corrected chi connectivity index (χ3v) is 4.86. The van der Waals surface area contributed by atoms with E-state index >= 15 is 0 Å². The van der Waals surface area contributed by atoms with Gasteiger partial charge in [-0.15, -0.1) is 0 Å². The average Bonchev–Trinajstić information content (AvgIpc) is 2.99. The number of anilines is 1. The van der Waals surface area contributed by atoms with E-state index in [-0.39, 0.29) is 17.3 Å². The second-order valence-electron chi connectivity index (χ2n) is 6.51. The fraction of sp³-hybridized carbons (Fsp3) is 0.474. The van der Waals surface area contributed by atoms with Crippen LogP contribution in [0.3, 0.4) is 0 Å². The summed E-state index contributed by atoms with van der Waals surface area (Å²) in [6.07, 6.45) is 2.77. The van der Waals surface area contributed by atoms with Gasteiger partial charge in [0.25, 0.3) is 5.91 Å². The number of hydrogen-bond donors (Lipinski definition) is 2. The normalized spacial score (nSPS) is 11.0. The van der Waals surface area contributed by atoms with Gasteiger partial charge < -0.3 is 10.6 Å². The number of aromatic nitrogens is 2. The first-order chi connectivity index (χ1) is 13.7. The first-order valence-corrected chi connectivity index (χ1v) is 9.70. The molecule has 2 rings (SSSR count). The molecule has 1 aromatic carbocycles. The first kappa shape index (κ1) is 23.0. The van der Waals surface area contributed by atoms with Gasteiger partial charge in [0.1, 0.15) is 11.4 Å². The minimum atomic E-state index is -1.56. The van der Waals surface area contributed by atoms with Gasteiger partial charge in [-0.3, -0.25) is 9.48 Å². The highest BCUT2D eigenvalue weighted by molar-refractivity contribution is 6.34. The molecule has 0 radical (unpaired) electrons. The van der Waals surface area contributed by atoms with Crippen molar-refractivity contribution in [1.29, 1.82) is 0 Å². The molecule has 0 bridgehead atoms. The highest BCUT2D eigenvalue weighted by Crippen LogP contribution is 2.28. The van der Waals surface area contributed by atoms with Gasteiger partial charge in [-0.05, 0) is 12.8 Å². The maximum atomic E-state index is 14.3. The van der Waals surface area contributed by atoms with Gasteiger partial charge in [-0.1, -0.05) is 38.3 Å². The van der Waals surface area contributed by atoms with E-state index in [9.17, 15) is 22.4 Å². The number of nitrogens with zero attached hydrogens (tertiary/aromatic N) is 2. The summed E-state index contributed by atoms with van der Waals surface area (Å²) in [4.78, 5) is 12.4. The predicted molar refractivity (Wildman–Crippen MR) is 103 cm³/mol. The smallest absolute Gasteiger partial charge is 0.271 e. The second kappa shape index (κ2) is 9.96. The van der Waals surface area contributed by atoms with E-state index in [4.69, 9.17) is 11.6 Å². The van der Waals surface area contributed by atoms with E-state index in [0.29, 0.717) is 18.5 Å². The molecule has 10 heteroatoms. The number of benzene rings is 1. The van der Waals surface area contributed by atoms with Gasteiger partial charge in [-0.25, -0.2) is 17.6 Å². The lowest BCUT2D eigenvalue weighted by Crippen LogP contribution is -2.27. The van der Waals surface area contributed by atoms with Crippen molar-refractivity contribution in [3.05, 3.63) is 45.2 Å². The van der Waals surface area contributed by atoms with Crippen LogP contribution in [0, 0.1) is 23.3 Å². The summed E-state index contributed by atoms with van der Waals surface area (Å²) in [7, 11) is 1.49. The van der Waals surface area contributed by atoms with Gasteiger partial charge in [0.2, 0.25) is 0 Å². The van der Waals surface area contributed by atoms with Crippen LogP contribution in [-0.2, 0) is 20.0 Å². The van der Waals surface area contributed by atoms with Crippen LogP contribution >= 0.6 is 11.6 Å². The number of hydrogen-bond acceptors (Lipinski definition) is 3. The molecule has 5 nitrogen and oxygen atoms in total. The Morgan fingerprint density at radius 1 is 1.07 bits per heavy atom. The van der Waals surface area contributed by atoms with Crippen molar-refractivity contribution in [2.75, 3.05) is 11.9 Å². The Kier molecular flexibility index (Phi) is 7.89. The maximum Gasteiger partial charge on any atom is 0.271 e. The van der Waals surface area contributed by atoms with Gasteiger partial charge >= 0.3 is 0 Å². The van der Waals surface area contributed by atoms with Crippen molar-refractivity contribution in [3.8, 4) is 0 Å². The van der Waals surface area contributed by atoms with Crippen LogP contribution < -0.4 is 10.6 Å². The van der Waals surface area contributed by atoms with E-state index < -0.39 is 47.0 Å². The first-order valence-electron chi connectivity index (χ1n) is 9.32. The molecule has 0 aliphatic heterocycles. The number of carbonyl (C=O) groups is 1. The molecule has 160 valence electrons. The number of amides is 1. The standard InChI is InChI=1S/C19H23ClF4N4O/c1-4-6-7-8-25-17-15(23)13(21)10(14(22)16(17)24)9-26-19(29)18-12(20)11(5-2)27-28(18)3/h25H,4-9H2,1-3H3,(H,26,29). The maximum absolute atomic E-state index is 14.3. The van der Waals surface area contributed by atoms with Crippen LogP contribution in [0.15, 0.2) is 0 Å². The molecule has 0 fully saturated rings. The molecule has 0 saturated carbocycles. The quantitative estimate of drug-likeness (QED) is 0.341. The van der Waals surface area contributed by atoms with Gasteiger partial charge in [0.15, 0.2) is 23.3 Å². The third-order valence-electron chi connectivity index (χ3n) is 4.47. The summed E-state index contributed by atoms with van der Waals surface area (Å²) in [5.74, 6) is -6.96. The summed E-state index contributed by atoms with van der Waals surface area (Å²) < 4.78 is 58.4. The Hall–Kier alpha value is -2.29. The van der Waals surface area contributed by atoms with Crippen molar-refractivity contribution >= 4 is 23.2 Å². The number of rotatable bonds is 9. The Morgan fingerprint density at radius 2 is 1.69 bits per heavy atom.